The molecule has 1 aliphatic heterocycles. The van der Waals surface area contributed by atoms with Crippen LogP contribution in [0.1, 0.15) is 52.2 Å². The quantitative estimate of drug-likeness (QED) is 0.163. The normalized spacial score (nSPS) is 15.0. The van der Waals surface area contributed by atoms with Gasteiger partial charge in [-0.1, -0.05) is 6.92 Å². The zero-order valence-corrected chi connectivity index (χ0v) is 27.1. The molecule has 0 aliphatic carbocycles. The SMILES string of the molecule is CC(=O)C(C)(O)c1c(F)c(F)c(F)c(F)c1F.CC1=C(C#N)C(=C(C#N)C#N)OC1(C)c1c(F)c(F)c(F)c(F)c1F.CC[O-].N#CCC#N.[Li+]. The van der Waals surface area contributed by atoms with Crippen LogP contribution in [-0.4, -0.2) is 17.5 Å². The Morgan fingerprint density at radius 3 is 1.39 bits per heavy atom. The average molecular weight is 723 g/mol. The molecule has 2 atom stereocenters. The summed E-state index contributed by atoms with van der Waals surface area (Å²) in [5.41, 5.74) is -9.23. The smallest absolute Gasteiger partial charge is 0.855 e. The van der Waals surface area contributed by atoms with Gasteiger partial charge in [-0.25, -0.2) is 43.9 Å². The zero-order valence-electron chi connectivity index (χ0n) is 27.1. The minimum Gasteiger partial charge on any atom is -0.855 e. The second-order valence-corrected chi connectivity index (χ2v) is 9.47. The number of nitrogens with zero attached hydrogens (tertiary/aromatic N) is 5. The van der Waals surface area contributed by atoms with E-state index in [4.69, 9.17) is 30.9 Å². The molecule has 2 aromatic rings. The van der Waals surface area contributed by atoms with Crippen molar-refractivity contribution in [2.24, 2.45) is 0 Å². The van der Waals surface area contributed by atoms with Crippen molar-refractivity contribution in [3.63, 3.8) is 0 Å². The minimum absolute atomic E-state index is 0. The summed E-state index contributed by atoms with van der Waals surface area (Å²) in [5, 5.41) is 60.6. The van der Waals surface area contributed by atoms with E-state index >= 15 is 0 Å². The number of ether oxygens (including phenoxy) is 1. The summed E-state index contributed by atoms with van der Waals surface area (Å²) in [6, 6.07) is 7.80. The molecule has 0 spiro atoms. The minimum atomic E-state index is -2.79. The Kier molecular flexibility index (Phi) is 18.5. The third kappa shape index (κ3) is 9.67. The van der Waals surface area contributed by atoms with Gasteiger partial charge in [-0.05, 0) is 33.3 Å². The molecule has 1 heterocycles. The van der Waals surface area contributed by atoms with Gasteiger partial charge < -0.3 is 14.9 Å². The number of aliphatic hydroxyl groups is 1. The maximum atomic E-state index is 14.1. The first-order valence-corrected chi connectivity index (χ1v) is 13.0. The van der Waals surface area contributed by atoms with E-state index in [-0.39, 0.29) is 37.5 Å². The maximum Gasteiger partial charge on any atom is 1.00 e. The number of benzene rings is 2. The first-order valence-electron chi connectivity index (χ1n) is 13.0. The second-order valence-electron chi connectivity index (χ2n) is 9.47. The molecule has 3 rings (SSSR count). The van der Waals surface area contributed by atoms with Crippen molar-refractivity contribution in [1.82, 2.24) is 0 Å². The van der Waals surface area contributed by atoms with Crippen molar-refractivity contribution in [2.75, 3.05) is 6.61 Å². The van der Waals surface area contributed by atoms with Crippen LogP contribution in [0.2, 0.25) is 0 Å². The van der Waals surface area contributed by atoms with Crippen molar-refractivity contribution in [2.45, 2.75) is 52.2 Å². The molecule has 9 nitrogen and oxygen atoms in total. The van der Waals surface area contributed by atoms with E-state index in [0.29, 0.717) is 6.92 Å². The summed E-state index contributed by atoms with van der Waals surface area (Å²) in [6.07, 6.45) is 0. The van der Waals surface area contributed by atoms with Crippen LogP contribution in [0.25, 0.3) is 0 Å². The first kappa shape index (κ1) is 47.8. The van der Waals surface area contributed by atoms with Crippen LogP contribution in [-0.2, 0) is 20.7 Å². The van der Waals surface area contributed by atoms with Gasteiger partial charge in [0.1, 0.15) is 24.6 Å². The molecule has 264 valence electrons. The average Bonchev–Trinajstić information content (AvgIpc) is 3.32. The summed E-state index contributed by atoms with van der Waals surface area (Å²) >= 11 is 0. The molecule has 51 heavy (non-hydrogen) atoms. The molecule has 0 saturated heterocycles. The number of hydrogen-bond donors (Lipinski definition) is 1. The number of Topliss-reactive ketones (excluding diaryl/α,β-unsaturated/α-hetero) is 1. The Morgan fingerprint density at radius 2 is 1.12 bits per heavy atom. The van der Waals surface area contributed by atoms with E-state index in [1.165, 1.54) is 12.1 Å². The number of hydrogen-bond acceptors (Lipinski definition) is 9. The Labute approximate surface area is 295 Å². The molecule has 2 aromatic carbocycles. The Balaban J connectivity index is 0. The number of nitriles is 5. The molecule has 0 aromatic heterocycles. The third-order valence-electron chi connectivity index (χ3n) is 6.41. The van der Waals surface area contributed by atoms with Gasteiger partial charge in [0.25, 0.3) is 0 Å². The maximum absolute atomic E-state index is 14.1. The molecule has 0 radical (unpaired) electrons. The molecule has 0 fully saturated rings. The second kappa shape index (κ2) is 19.7. The van der Waals surface area contributed by atoms with E-state index in [2.05, 4.69) is 0 Å². The summed E-state index contributed by atoms with van der Waals surface area (Å²) in [5.74, 6) is -23.9. The monoisotopic (exact) mass is 723 g/mol. The van der Waals surface area contributed by atoms with Crippen LogP contribution in [0.5, 0.6) is 0 Å². The molecular weight excluding hydrogens is 703 g/mol. The number of allylic oxidation sites excluding steroid dienone is 2. The van der Waals surface area contributed by atoms with Gasteiger partial charge >= 0.3 is 18.9 Å². The molecular formula is C31H20F10LiN5O4. The van der Waals surface area contributed by atoms with Crippen LogP contribution in [0.4, 0.5) is 43.9 Å². The summed E-state index contributed by atoms with van der Waals surface area (Å²) < 4.78 is 139. The zero-order chi connectivity index (χ0) is 39.5. The van der Waals surface area contributed by atoms with Crippen LogP contribution in [0.15, 0.2) is 22.5 Å². The fourth-order valence-corrected chi connectivity index (χ4v) is 3.68. The van der Waals surface area contributed by atoms with Crippen molar-refractivity contribution >= 4 is 5.78 Å². The molecule has 2 unspecified atom stereocenters. The van der Waals surface area contributed by atoms with E-state index in [0.717, 1.165) is 20.8 Å². The topological polar surface area (TPSA) is 189 Å². The van der Waals surface area contributed by atoms with E-state index in [1.54, 1.807) is 25.1 Å². The first-order chi connectivity index (χ1) is 23.1. The van der Waals surface area contributed by atoms with E-state index in [1.807, 2.05) is 0 Å². The van der Waals surface area contributed by atoms with Crippen LogP contribution >= 0.6 is 0 Å². The number of carbonyl (C=O) groups excluding carboxylic acids is 1. The van der Waals surface area contributed by atoms with Gasteiger partial charge in [0.05, 0.1) is 28.8 Å². The Morgan fingerprint density at radius 1 is 0.784 bits per heavy atom. The van der Waals surface area contributed by atoms with Crippen molar-refractivity contribution < 1.29 is 82.5 Å². The van der Waals surface area contributed by atoms with Crippen LogP contribution in [0.3, 0.4) is 0 Å². The number of ketones is 1. The predicted molar refractivity (Wildman–Crippen MR) is 144 cm³/mol. The number of halogens is 10. The number of carbonyl (C=O) groups is 1. The van der Waals surface area contributed by atoms with Gasteiger partial charge in [0.15, 0.2) is 74.9 Å². The summed E-state index contributed by atoms with van der Waals surface area (Å²) in [4.78, 5) is 11.0. The predicted octanol–water partition coefficient (Wildman–Crippen LogP) is 2.74. The van der Waals surface area contributed by atoms with E-state index < -0.39 is 103 Å². The number of rotatable bonds is 3. The van der Waals surface area contributed by atoms with Gasteiger partial charge in [0.2, 0.25) is 11.6 Å². The van der Waals surface area contributed by atoms with Gasteiger partial charge in [-0.15, -0.1) is 6.61 Å². The van der Waals surface area contributed by atoms with Crippen molar-refractivity contribution in [1.29, 1.82) is 26.3 Å². The van der Waals surface area contributed by atoms with Gasteiger partial charge in [-0.3, -0.25) is 4.79 Å². The summed E-state index contributed by atoms with van der Waals surface area (Å²) in [7, 11) is 0. The van der Waals surface area contributed by atoms with Crippen molar-refractivity contribution in [3.05, 3.63) is 91.8 Å². The van der Waals surface area contributed by atoms with E-state index in [9.17, 15) is 59.1 Å². The van der Waals surface area contributed by atoms with Crippen LogP contribution in [0, 0.1) is 115 Å². The molecule has 0 saturated carbocycles. The van der Waals surface area contributed by atoms with Crippen molar-refractivity contribution in [3.8, 4) is 30.3 Å². The standard InChI is InChI=1S/C16H6F5N3O.C10H7F5O2.C3H2N2.C2H5O.Li/c1-6-8(5-24)15(7(3-22)4-23)25-16(6,2)9-10(17)12(19)14(21)13(20)11(9)18;1-3(16)10(2,17)4-5(11)7(13)9(15)8(14)6(4)12;4-2-1-3-5;1-2-3;/h1-2H3;17H,1-2H3;1H2;2H2,1H3;/q;;;-1;+1. The summed E-state index contributed by atoms with van der Waals surface area (Å²) in [6.45, 7) is 5.11. The molecule has 0 amide bonds. The molecule has 20 heteroatoms. The fourth-order valence-electron chi connectivity index (χ4n) is 3.68. The van der Waals surface area contributed by atoms with Crippen LogP contribution < -0.4 is 24.0 Å². The molecule has 0 bridgehead atoms. The molecule has 1 aliphatic rings. The Hall–Kier alpha value is -5.34. The van der Waals surface area contributed by atoms with Gasteiger partial charge in [-0.2, -0.15) is 26.3 Å². The largest absolute Gasteiger partial charge is 1.00 e. The Bertz CT molecular complexity index is 1880. The molecule has 1 N–H and O–H groups in total. The fraction of sp³-hybridized carbons (Fsp3) is 0.290. The van der Waals surface area contributed by atoms with Gasteiger partial charge in [0, 0.05) is 0 Å². The third-order valence-corrected chi connectivity index (χ3v) is 6.41.